The fourth-order valence-electron chi connectivity index (χ4n) is 1.75. The summed E-state index contributed by atoms with van der Waals surface area (Å²) < 4.78 is 10.5. The van der Waals surface area contributed by atoms with Crippen LogP contribution in [0.5, 0.6) is 11.5 Å². The molecule has 1 heterocycles. The quantitative estimate of drug-likeness (QED) is 0.911. The predicted octanol–water partition coefficient (Wildman–Crippen LogP) is 2.43. The van der Waals surface area contributed by atoms with Gasteiger partial charge in [-0.3, -0.25) is 4.79 Å². The number of aryl methyl sites for hydroxylation is 1. The van der Waals surface area contributed by atoms with E-state index in [4.69, 9.17) is 9.47 Å². The molecule has 2 aromatic rings. The van der Waals surface area contributed by atoms with Crippen molar-refractivity contribution in [3.63, 3.8) is 0 Å². The maximum absolute atomic E-state index is 11.2. The lowest BCUT2D eigenvalue weighted by molar-refractivity contribution is 0.395. The zero-order valence-corrected chi connectivity index (χ0v) is 10.7. The largest absolute Gasteiger partial charge is 0.497 e. The summed E-state index contributed by atoms with van der Waals surface area (Å²) in [4.78, 5) is 13.9. The van der Waals surface area contributed by atoms with Crippen LogP contribution in [0.2, 0.25) is 0 Å². The van der Waals surface area contributed by atoms with Crippen molar-refractivity contribution in [2.24, 2.45) is 0 Å². The van der Waals surface area contributed by atoms with Gasteiger partial charge in [0.25, 0.3) is 0 Å². The van der Waals surface area contributed by atoms with Crippen molar-refractivity contribution in [1.82, 2.24) is 4.98 Å². The summed E-state index contributed by atoms with van der Waals surface area (Å²) in [5.41, 5.74) is 2.67. The normalized spacial score (nSPS) is 10.3. The third-order valence-electron chi connectivity index (χ3n) is 2.52. The minimum Gasteiger partial charge on any atom is -0.497 e. The molecule has 0 saturated carbocycles. The van der Waals surface area contributed by atoms with Crippen molar-refractivity contribution < 1.29 is 9.47 Å². The van der Waals surface area contributed by atoms with Crippen molar-refractivity contribution in [3.8, 4) is 22.8 Å². The second-order valence-corrected chi connectivity index (χ2v) is 4.43. The number of H-pyrrole nitrogens is 1. The van der Waals surface area contributed by atoms with Gasteiger partial charge in [0.15, 0.2) is 0 Å². The van der Waals surface area contributed by atoms with Gasteiger partial charge in [0, 0.05) is 17.0 Å². The number of rotatable bonds is 3. The first-order chi connectivity index (χ1) is 8.15. The van der Waals surface area contributed by atoms with Gasteiger partial charge in [0.05, 0.1) is 19.9 Å². The lowest BCUT2D eigenvalue weighted by Gasteiger charge is -2.12. The summed E-state index contributed by atoms with van der Waals surface area (Å²) in [6.07, 6.45) is 0. The van der Waals surface area contributed by atoms with Gasteiger partial charge in [-0.15, -0.1) is 0 Å². The zero-order chi connectivity index (χ0) is 12.4. The molecule has 17 heavy (non-hydrogen) atoms. The number of ether oxygens (including phenoxy) is 2. The molecule has 0 aliphatic carbocycles. The van der Waals surface area contributed by atoms with E-state index in [0.29, 0.717) is 5.75 Å². The second kappa shape index (κ2) is 4.63. The molecule has 0 amide bonds. The monoisotopic (exact) mass is 251 g/mol. The molecule has 1 aromatic carbocycles. The van der Waals surface area contributed by atoms with Crippen LogP contribution in [0.25, 0.3) is 11.3 Å². The number of benzene rings is 1. The van der Waals surface area contributed by atoms with Gasteiger partial charge in [-0.25, -0.2) is 0 Å². The number of aromatic amines is 1. The molecule has 0 fully saturated rings. The third kappa shape index (κ3) is 2.19. The summed E-state index contributed by atoms with van der Waals surface area (Å²) in [5, 5.41) is 1.79. The smallest absolute Gasteiger partial charge is 0.304 e. The van der Waals surface area contributed by atoms with E-state index < -0.39 is 0 Å². The Bertz CT molecular complexity index is 586. The van der Waals surface area contributed by atoms with Gasteiger partial charge >= 0.3 is 4.87 Å². The number of aromatic nitrogens is 1. The van der Waals surface area contributed by atoms with E-state index in [1.165, 1.54) is 0 Å². The van der Waals surface area contributed by atoms with E-state index in [0.717, 1.165) is 33.9 Å². The molecular weight excluding hydrogens is 238 g/mol. The molecule has 0 spiro atoms. The van der Waals surface area contributed by atoms with Crippen molar-refractivity contribution >= 4 is 11.3 Å². The van der Waals surface area contributed by atoms with Crippen LogP contribution in [0, 0.1) is 6.92 Å². The van der Waals surface area contributed by atoms with Gasteiger partial charge < -0.3 is 14.5 Å². The van der Waals surface area contributed by atoms with E-state index in [9.17, 15) is 4.79 Å². The van der Waals surface area contributed by atoms with Crippen LogP contribution >= 0.6 is 11.3 Å². The summed E-state index contributed by atoms with van der Waals surface area (Å²) in [6, 6.07) is 3.71. The predicted molar refractivity (Wildman–Crippen MR) is 68.2 cm³/mol. The molecule has 2 rings (SSSR count). The minimum absolute atomic E-state index is 0.0720. The van der Waals surface area contributed by atoms with E-state index >= 15 is 0 Å². The third-order valence-corrected chi connectivity index (χ3v) is 3.19. The Morgan fingerprint density at radius 2 is 2.00 bits per heavy atom. The van der Waals surface area contributed by atoms with Crippen LogP contribution in [0.1, 0.15) is 5.56 Å². The summed E-state index contributed by atoms with van der Waals surface area (Å²) in [5.74, 6) is 1.43. The Labute approximate surface area is 103 Å². The Kier molecular flexibility index (Phi) is 3.19. The van der Waals surface area contributed by atoms with E-state index in [2.05, 4.69) is 4.98 Å². The summed E-state index contributed by atoms with van der Waals surface area (Å²) in [7, 11) is 3.21. The van der Waals surface area contributed by atoms with Crippen LogP contribution in [0.4, 0.5) is 0 Å². The maximum Gasteiger partial charge on any atom is 0.304 e. The lowest BCUT2D eigenvalue weighted by atomic mass is 10.0. The number of nitrogens with one attached hydrogen (secondary N) is 1. The van der Waals surface area contributed by atoms with Crippen molar-refractivity contribution in [2.75, 3.05) is 14.2 Å². The average Bonchev–Trinajstić information content (AvgIpc) is 2.74. The topological polar surface area (TPSA) is 51.3 Å². The van der Waals surface area contributed by atoms with Crippen LogP contribution < -0.4 is 14.3 Å². The fraction of sp³-hybridized carbons (Fsp3) is 0.250. The van der Waals surface area contributed by atoms with Gasteiger partial charge in [0.1, 0.15) is 11.5 Å². The molecule has 90 valence electrons. The standard InChI is InChI=1S/C12H13NO3S/c1-7-4-8(15-2)5-10(16-3)11(7)9-6-17-12(14)13-9/h4-6H,1-3H3,(H,13,14). The van der Waals surface area contributed by atoms with Crippen molar-refractivity contribution in [1.29, 1.82) is 0 Å². The molecule has 4 nitrogen and oxygen atoms in total. The highest BCUT2D eigenvalue weighted by atomic mass is 32.1. The highest BCUT2D eigenvalue weighted by molar-refractivity contribution is 7.07. The lowest BCUT2D eigenvalue weighted by Crippen LogP contribution is -1.97. The number of thiazole rings is 1. The molecule has 5 heteroatoms. The molecule has 0 aliphatic rings. The van der Waals surface area contributed by atoms with Crippen LogP contribution in [-0.2, 0) is 0 Å². The Hall–Kier alpha value is -1.75. The number of hydrogen-bond donors (Lipinski definition) is 1. The van der Waals surface area contributed by atoms with Crippen LogP contribution in [0.3, 0.4) is 0 Å². The molecule has 0 atom stereocenters. The second-order valence-electron chi connectivity index (χ2n) is 3.58. The fourth-order valence-corrected chi connectivity index (χ4v) is 2.32. The Balaban J connectivity index is 2.64. The molecule has 0 unspecified atom stereocenters. The zero-order valence-electron chi connectivity index (χ0n) is 9.87. The van der Waals surface area contributed by atoms with Crippen molar-refractivity contribution in [2.45, 2.75) is 6.92 Å². The van der Waals surface area contributed by atoms with Gasteiger partial charge in [-0.1, -0.05) is 11.3 Å². The minimum atomic E-state index is -0.0720. The van der Waals surface area contributed by atoms with E-state index in [-0.39, 0.29) is 4.87 Å². The van der Waals surface area contributed by atoms with Gasteiger partial charge in [-0.2, -0.15) is 0 Å². The Morgan fingerprint density at radius 3 is 2.53 bits per heavy atom. The molecule has 1 aromatic heterocycles. The molecular formula is C12H13NO3S. The number of hydrogen-bond acceptors (Lipinski definition) is 4. The molecule has 1 N–H and O–H groups in total. The molecule has 0 aliphatic heterocycles. The Morgan fingerprint density at radius 1 is 1.24 bits per heavy atom. The van der Waals surface area contributed by atoms with Crippen molar-refractivity contribution in [3.05, 3.63) is 32.7 Å². The van der Waals surface area contributed by atoms with E-state index in [1.54, 1.807) is 25.7 Å². The summed E-state index contributed by atoms with van der Waals surface area (Å²) >= 11 is 1.14. The highest BCUT2D eigenvalue weighted by Crippen LogP contribution is 2.35. The first kappa shape index (κ1) is 11.7. The highest BCUT2D eigenvalue weighted by Gasteiger charge is 2.13. The van der Waals surface area contributed by atoms with Gasteiger partial charge in [-0.05, 0) is 18.6 Å². The maximum atomic E-state index is 11.2. The molecule has 0 radical (unpaired) electrons. The average molecular weight is 251 g/mol. The van der Waals surface area contributed by atoms with Crippen LogP contribution in [-0.4, -0.2) is 19.2 Å². The van der Waals surface area contributed by atoms with Crippen LogP contribution in [0.15, 0.2) is 22.3 Å². The SMILES string of the molecule is COc1cc(C)c(-c2csc(=O)[nH]2)c(OC)c1. The number of methoxy groups -OCH3 is 2. The summed E-state index contributed by atoms with van der Waals surface area (Å²) in [6.45, 7) is 1.95. The molecule has 0 bridgehead atoms. The van der Waals surface area contributed by atoms with E-state index in [1.807, 2.05) is 13.0 Å². The van der Waals surface area contributed by atoms with Gasteiger partial charge in [0.2, 0.25) is 0 Å². The first-order valence-corrected chi connectivity index (χ1v) is 5.94. The first-order valence-electron chi connectivity index (χ1n) is 5.06. The molecule has 0 saturated heterocycles.